The number of nitrogens with one attached hydrogen (secondary N) is 1. The standard InChI is InChI=1S/C15H16ClNO3/c1-9-5-6-10(2)12-11(9)13(18)15(17-12,7-4-8-16)14(19)20-3/h4-6,8,17H,7H2,1-3H3. The third kappa shape index (κ3) is 2.00. The first-order valence-corrected chi connectivity index (χ1v) is 6.68. The molecule has 0 bridgehead atoms. The fraction of sp³-hybridized carbons (Fsp3) is 0.333. The van der Waals surface area contributed by atoms with Crippen molar-refractivity contribution in [3.8, 4) is 0 Å². The van der Waals surface area contributed by atoms with Gasteiger partial charge in [0.05, 0.1) is 7.11 Å². The van der Waals surface area contributed by atoms with Crippen LogP contribution in [0.4, 0.5) is 5.69 Å². The topological polar surface area (TPSA) is 55.4 Å². The summed E-state index contributed by atoms with van der Waals surface area (Å²) >= 11 is 5.54. The van der Waals surface area contributed by atoms with Crippen LogP contribution in [0, 0.1) is 13.8 Å². The summed E-state index contributed by atoms with van der Waals surface area (Å²) in [5, 5.41) is 3.06. The van der Waals surface area contributed by atoms with Crippen LogP contribution < -0.4 is 5.32 Å². The first kappa shape index (κ1) is 14.6. The normalized spacial score (nSPS) is 20.9. The number of hydrogen-bond acceptors (Lipinski definition) is 4. The number of benzene rings is 1. The highest BCUT2D eigenvalue weighted by atomic mass is 35.5. The second-order valence-electron chi connectivity index (χ2n) is 4.87. The Hall–Kier alpha value is -1.81. The molecule has 0 amide bonds. The maximum atomic E-state index is 12.8. The van der Waals surface area contributed by atoms with E-state index in [2.05, 4.69) is 5.32 Å². The van der Waals surface area contributed by atoms with E-state index >= 15 is 0 Å². The Morgan fingerprint density at radius 1 is 1.40 bits per heavy atom. The molecule has 1 unspecified atom stereocenters. The number of aryl methyl sites for hydroxylation is 2. The summed E-state index contributed by atoms with van der Waals surface area (Å²) in [7, 11) is 1.27. The second kappa shape index (κ2) is 5.29. The van der Waals surface area contributed by atoms with Crippen molar-refractivity contribution in [2.75, 3.05) is 12.4 Å². The SMILES string of the molecule is COC(=O)C1(CC=CCl)Nc2c(C)ccc(C)c2C1=O. The van der Waals surface area contributed by atoms with Crippen LogP contribution in [-0.2, 0) is 9.53 Å². The molecule has 4 nitrogen and oxygen atoms in total. The first-order valence-electron chi connectivity index (χ1n) is 6.24. The number of methoxy groups -OCH3 is 1. The minimum atomic E-state index is -1.42. The number of anilines is 1. The highest BCUT2D eigenvalue weighted by Crippen LogP contribution is 2.39. The van der Waals surface area contributed by atoms with E-state index in [9.17, 15) is 9.59 Å². The van der Waals surface area contributed by atoms with Gasteiger partial charge < -0.3 is 10.1 Å². The monoisotopic (exact) mass is 293 g/mol. The van der Waals surface area contributed by atoms with Crippen molar-refractivity contribution >= 4 is 29.0 Å². The lowest BCUT2D eigenvalue weighted by atomic mass is 9.88. The summed E-state index contributed by atoms with van der Waals surface area (Å²) in [6.45, 7) is 3.74. The molecule has 0 fully saturated rings. The zero-order valence-corrected chi connectivity index (χ0v) is 12.4. The summed E-state index contributed by atoms with van der Waals surface area (Å²) in [6.07, 6.45) is 1.72. The number of hydrogen-bond donors (Lipinski definition) is 1. The molecule has 0 radical (unpaired) electrons. The lowest BCUT2D eigenvalue weighted by Crippen LogP contribution is -2.50. The number of carbonyl (C=O) groups is 2. The van der Waals surface area contributed by atoms with E-state index in [4.69, 9.17) is 16.3 Å². The molecule has 0 aromatic heterocycles. The molecule has 5 heteroatoms. The van der Waals surface area contributed by atoms with Crippen LogP contribution in [0.5, 0.6) is 0 Å². The minimum absolute atomic E-state index is 0.148. The largest absolute Gasteiger partial charge is 0.467 e. The van der Waals surface area contributed by atoms with Gasteiger partial charge in [-0.1, -0.05) is 29.8 Å². The molecule has 0 saturated heterocycles. The molecule has 0 saturated carbocycles. The third-order valence-corrected chi connectivity index (χ3v) is 3.80. The Morgan fingerprint density at radius 3 is 2.60 bits per heavy atom. The lowest BCUT2D eigenvalue weighted by Gasteiger charge is -2.24. The van der Waals surface area contributed by atoms with Crippen LogP contribution in [0.25, 0.3) is 0 Å². The van der Waals surface area contributed by atoms with Crippen molar-refractivity contribution in [3.05, 3.63) is 40.4 Å². The number of esters is 1. The van der Waals surface area contributed by atoms with Crippen molar-refractivity contribution in [2.24, 2.45) is 0 Å². The summed E-state index contributed by atoms with van der Waals surface area (Å²) in [4.78, 5) is 24.9. The Bertz CT molecular complexity index is 609. The number of fused-ring (bicyclic) bond motifs is 1. The van der Waals surface area contributed by atoms with E-state index in [0.29, 0.717) is 11.3 Å². The number of carbonyl (C=O) groups excluding carboxylic acids is 2. The van der Waals surface area contributed by atoms with E-state index < -0.39 is 11.5 Å². The maximum absolute atomic E-state index is 12.8. The second-order valence-corrected chi connectivity index (χ2v) is 5.12. The molecular formula is C15H16ClNO3. The van der Waals surface area contributed by atoms with Crippen LogP contribution in [0.15, 0.2) is 23.7 Å². The van der Waals surface area contributed by atoms with Crippen LogP contribution in [0.1, 0.15) is 27.9 Å². The lowest BCUT2D eigenvalue weighted by molar-refractivity contribution is -0.143. The molecule has 106 valence electrons. The fourth-order valence-corrected chi connectivity index (χ4v) is 2.60. The number of halogens is 1. The van der Waals surface area contributed by atoms with Gasteiger partial charge in [0.15, 0.2) is 0 Å². The Labute approximate surface area is 122 Å². The molecule has 1 N–H and O–H groups in total. The van der Waals surface area contributed by atoms with Crippen LogP contribution in [-0.4, -0.2) is 24.4 Å². The van der Waals surface area contributed by atoms with Gasteiger partial charge in [-0.2, -0.15) is 0 Å². The van der Waals surface area contributed by atoms with Gasteiger partial charge in [0.2, 0.25) is 11.3 Å². The molecule has 1 aromatic carbocycles. The van der Waals surface area contributed by atoms with Gasteiger partial charge in [0.1, 0.15) is 0 Å². The van der Waals surface area contributed by atoms with Crippen molar-refractivity contribution in [2.45, 2.75) is 25.8 Å². The number of ketones is 1. The summed E-state index contributed by atoms with van der Waals surface area (Å²) < 4.78 is 4.82. The molecule has 1 atom stereocenters. The summed E-state index contributed by atoms with van der Waals surface area (Å²) in [6, 6.07) is 3.79. The molecule has 1 aliphatic rings. The molecular weight excluding hydrogens is 278 g/mol. The number of ether oxygens (including phenoxy) is 1. The van der Waals surface area contributed by atoms with Crippen LogP contribution in [0.3, 0.4) is 0 Å². The number of rotatable bonds is 3. The highest BCUT2D eigenvalue weighted by molar-refractivity contribution is 6.26. The quantitative estimate of drug-likeness (QED) is 0.687. The Kier molecular flexibility index (Phi) is 3.86. The van der Waals surface area contributed by atoms with Gasteiger partial charge in [0.25, 0.3) is 0 Å². The summed E-state index contributed by atoms with van der Waals surface area (Å²) in [5.74, 6) is -0.873. The van der Waals surface area contributed by atoms with E-state index in [-0.39, 0.29) is 12.2 Å². The average Bonchev–Trinajstić information content (AvgIpc) is 2.75. The molecule has 1 aromatic rings. The van der Waals surface area contributed by atoms with Gasteiger partial charge in [-0.15, -0.1) is 0 Å². The zero-order valence-electron chi connectivity index (χ0n) is 11.6. The molecule has 20 heavy (non-hydrogen) atoms. The molecule has 1 heterocycles. The van der Waals surface area contributed by atoms with Crippen LogP contribution >= 0.6 is 11.6 Å². The number of Topliss-reactive ketones (excluding diaryl/α,β-unsaturated/α-hetero) is 1. The first-order chi connectivity index (χ1) is 9.47. The average molecular weight is 294 g/mol. The van der Waals surface area contributed by atoms with Crippen molar-refractivity contribution in [1.29, 1.82) is 0 Å². The third-order valence-electron chi connectivity index (χ3n) is 3.62. The van der Waals surface area contributed by atoms with Crippen molar-refractivity contribution in [1.82, 2.24) is 0 Å². The van der Waals surface area contributed by atoms with E-state index in [1.807, 2.05) is 26.0 Å². The minimum Gasteiger partial charge on any atom is -0.467 e. The Balaban J connectivity index is 2.59. The van der Waals surface area contributed by atoms with E-state index in [1.54, 1.807) is 6.08 Å². The van der Waals surface area contributed by atoms with Crippen molar-refractivity contribution in [3.63, 3.8) is 0 Å². The van der Waals surface area contributed by atoms with Gasteiger partial charge in [-0.3, -0.25) is 4.79 Å². The molecule has 0 aliphatic carbocycles. The summed E-state index contributed by atoms with van der Waals surface area (Å²) in [5.41, 5.74) is 2.88. The van der Waals surface area contributed by atoms with Gasteiger partial charge in [0, 0.05) is 23.2 Å². The molecule has 1 aliphatic heterocycles. The van der Waals surface area contributed by atoms with Gasteiger partial charge >= 0.3 is 5.97 Å². The zero-order chi connectivity index (χ0) is 14.9. The predicted molar refractivity (Wildman–Crippen MR) is 78.2 cm³/mol. The van der Waals surface area contributed by atoms with Gasteiger partial charge in [-0.25, -0.2) is 4.79 Å². The molecule has 2 rings (SSSR count). The highest BCUT2D eigenvalue weighted by Gasteiger charge is 2.52. The van der Waals surface area contributed by atoms with E-state index in [0.717, 1.165) is 11.1 Å². The molecule has 0 spiro atoms. The Morgan fingerprint density at radius 2 is 2.05 bits per heavy atom. The predicted octanol–water partition coefficient (Wildman–Crippen LogP) is 2.97. The van der Waals surface area contributed by atoms with Crippen molar-refractivity contribution < 1.29 is 14.3 Å². The van der Waals surface area contributed by atoms with E-state index in [1.165, 1.54) is 12.6 Å². The van der Waals surface area contributed by atoms with Crippen LogP contribution in [0.2, 0.25) is 0 Å². The maximum Gasteiger partial charge on any atom is 0.340 e. The smallest absolute Gasteiger partial charge is 0.340 e. The fourth-order valence-electron chi connectivity index (χ4n) is 2.51. The van der Waals surface area contributed by atoms with Gasteiger partial charge in [-0.05, 0) is 25.0 Å².